The van der Waals surface area contributed by atoms with Crippen molar-refractivity contribution in [2.45, 2.75) is 44.9 Å². The SMILES string of the molecule is CCCCCc1cc(F)c(C(F)(F)Oc2ccc3c(F)c(OCC(F)(F)F)ccc3c2)c(F)c1. The minimum atomic E-state index is -4.68. The van der Waals surface area contributed by atoms with Gasteiger partial charge >= 0.3 is 12.3 Å². The van der Waals surface area contributed by atoms with Crippen LogP contribution in [0, 0.1) is 17.5 Å². The smallest absolute Gasteiger partial charge is 0.432 e. The second-order valence-electron chi connectivity index (χ2n) is 7.67. The molecular formula is C24H20F8O2. The highest BCUT2D eigenvalue weighted by Crippen LogP contribution is 2.37. The Bertz CT molecular complexity index is 1130. The van der Waals surface area contributed by atoms with E-state index in [9.17, 15) is 35.1 Å². The number of rotatable bonds is 9. The molecule has 2 nitrogen and oxygen atoms in total. The lowest BCUT2D eigenvalue weighted by Gasteiger charge is -2.20. The van der Waals surface area contributed by atoms with Crippen molar-refractivity contribution in [1.29, 1.82) is 0 Å². The summed E-state index contributed by atoms with van der Waals surface area (Å²) in [7, 11) is 0. The van der Waals surface area contributed by atoms with Crippen LogP contribution in [0.4, 0.5) is 35.1 Å². The summed E-state index contributed by atoms with van der Waals surface area (Å²) in [6.45, 7) is 0.237. The van der Waals surface area contributed by atoms with Crippen LogP contribution < -0.4 is 9.47 Å². The summed E-state index contributed by atoms with van der Waals surface area (Å²) in [4.78, 5) is 0. The number of unbranched alkanes of at least 4 members (excludes halogenated alkanes) is 2. The van der Waals surface area contributed by atoms with Gasteiger partial charge < -0.3 is 9.47 Å². The van der Waals surface area contributed by atoms with Crippen LogP contribution in [0.1, 0.15) is 37.3 Å². The van der Waals surface area contributed by atoms with Crippen LogP contribution in [0.2, 0.25) is 0 Å². The summed E-state index contributed by atoms with van der Waals surface area (Å²) in [6.07, 6.45) is -6.38. The van der Waals surface area contributed by atoms with Gasteiger partial charge in [-0.15, -0.1) is 0 Å². The maximum absolute atomic E-state index is 14.7. The average molecular weight is 492 g/mol. The molecule has 0 fully saturated rings. The van der Waals surface area contributed by atoms with Gasteiger partial charge in [0.2, 0.25) is 0 Å². The van der Waals surface area contributed by atoms with Gasteiger partial charge in [-0.05, 0) is 60.2 Å². The van der Waals surface area contributed by atoms with Crippen molar-refractivity contribution >= 4 is 10.8 Å². The van der Waals surface area contributed by atoms with E-state index in [0.29, 0.717) is 12.8 Å². The minimum Gasteiger partial charge on any atom is -0.481 e. The monoisotopic (exact) mass is 492 g/mol. The molecule has 0 spiro atoms. The normalized spacial score (nSPS) is 12.3. The summed E-state index contributed by atoms with van der Waals surface area (Å²) in [6, 6.07) is 6.58. The highest BCUT2D eigenvalue weighted by Gasteiger charge is 2.41. The molecule has 3 aromatic carbocycles. The molecular weight excluding hydrogens is 472 g/mol. The van der Waals surface area contributed by atoms with Gasteiger partial charge in [-0.2, -0.15) is 22.0 Å². The van der Waals surface area contributed by atoms with Crippen molar-refractivity contribution in [3.63, 3.8) is 0 Å². The molecule has 0 radical (unpaired) electrons. The van der Waals surface area contributed by atoms with Crippen molar-refractivity contribution in [1.82, 2.24) is 0 Å². The first-order valence-corrected chi connectivity index (χ1v) is 10.4. The van der Waals surface area contributed by atoms with Crippen molar-refractivity contribution in [2.75, 3.05) is 6.61 Å². The molecule has 3 aromatic rings. The van der Waals surface area contributed by atoms with E-state index in [1.165, 1.54) is 0 Å². The molecule has 0 aliphatic rings. The number of halogens is 8. The molecule has 0 saturated carbocycles. The van der Waals surface area contributed by atoms with Crippen LogP contribution in [0.3, 0.4) is 0 Å². The number of ether oxygens (including phenoxy) is 2. The van der Waals surface area contributed by atoms with Gasteiger partial charge in [-0.1, -0.05) is 25.8 Å². The van der Waals surface area contributed by atoms with Gasteiger partial charge in [0.25, 0.3) is 0 Å². The van der Waals surface area contributed by atoms with Crippen LogP contribution >= 0.6 is 0 Å². The van der Waals surface area contributed by atoms with E-state index in [-0.39, 0.29) is 16.3 Å². The second kappa shape index (κ2) is 10.1. The Morgan fingerprint density at radius 2 is 1.50 bits per heavy atom. The maximum Gasteiger partial charge on any atom is 0.432 e. The van der Waals surface area contributed by atoms with Crippen molar-refractivity contribution in [3.8, 4) is 11.5 Å². The zero-order chi connectivity index (χ0) is 25.1. The highest BCUT2D eigenvalue weighted by molar-refractivity contribution is 5.86. The van der Waals surface area contributed by atoms with Gasteiger partial charge in [0, 0.05) is 5.39 Å². The maximum atomic E-state index is 14.7. The molecule has 0 amide bonds. The lowest BCUT2D eigenvalue weighted by Crippen LogP contribution is -2.25. The van der Waals surface area contributed by atoms with E-state index in [2.05, 4.69) is 9.47 Å². The molecule has 0 heterocycles. The molecule has 3 rings (SSSR count). The summed E-state index contributed by atoms with van der Waals surface area (Å²) < 4.78 is 118. The molecule has 0 aliphatic carbocycles. The van der Waals surface area contributed by atoms with Gasteiger partial charge in [-0.25, -0.2) is 13.2 Å². The Balaban J connectivity index is 1.84. The minimum absolute atomic E-state index is 0.00243. The third kappa shape index (κ3) is 6.09. The quantitative estimate of drug-likeness (QED) is 0.222. The van der Waals surface area contributed by atoms with Crippen molar-refractivity contribution < 1.29 is 44.6 Å². The van der Waals surface area contributed by atoms with Gasteiger partial charge in [-0.3, -0.25) is 0 Å². The van der Waals surface area contributed by atoms with Crippen LogP contribution in [0.15, 0.2) is 42.5 Å². The van der Waals surface area contributed by atoms with Crippen molar-refractivity contribution in [3.05, 3.63) is 71.0 Å². The summed E-state index contributed by atoms with van der Waals surface area (Å²) in [5.41, 5.74) is -1.32. The number of aryl methyl sites for hydroxylation is 1. The first-order chi connectivity index (χ1) is 15.9. The van der Waals surface area contributed by atoms with Crippen LogP contribution in [-0.2, 0) is 12.5 Å². The Hall–Kier alpha value is -3.04. The van der Waals surface area contributed by atoms with E-state index in [1.807, 2.05) is 6.92 Å². The standard InChI is InChI=1S/C24H20F8O2/c1-2-3-4-5-14-10-18(25)21(19(26)11-14)24(31,32)34-16-7-8-17-15(12-16)6-9-20(22(17)27)33-13-23(28,29)30/h6-12H,2-5,13H2,1H3. The zero-order valence-corrected chi connectivity index (χ0v) is 17.9. The first kappa shape index (κ1) is 25.6. The second-order valence-corrected chi connectivity index (χ2v) is 7.67. The summed E-state index contributed by atoms with van der Waals surface area (Å²) >= 11 is 0. The van der Waals surface area contributed by atoms with E-state index >= 15 is 0 Å². The number of alkyl halides is 5. The number of fused-ring (bicyclic) bond motifs is 1. The van der Waals surface area contributed by atoms with Gasteiger partial charge in [0.05, 0.1) is 0 Å². The molecule has 0 aromatic heterocycles. The van der Waals surface area contributed by atoms with Crippen LogP contribution in [-0.4, -0.2) is 12.8 Å². The van der Waals surface area contributed by atoms with E-state index in [1.54, 1.807) is 0 Å². The van der Waals surface area contributed by atoms with Crippen LogP contribution in [0.25, 0.3) is 10.8 Å². The fraction of sp³-hybridized carbons (Fsp3) is 0.333. The number of hydrogen-bond acceptors (Lipinski definition) is 2. The molecule has 0 bridgehead atoms. The van der Waals surface area contributed by atoms with E-state index in [0.717, 1.165) is 55.3 Å². The molecule has 0 unspecified atom stereocenters. The molecule has 0 atom stereocenters. The zero-order valence-electron chi connectivity index (χ0n) is 17.9. The first-order valence-electron chi connectivity index (χ1n) is 10.4. The highest BCUT2D eigenvalue weighted by atomic mass is 19.4. The summed E-state index contributed by atoms with van der Waals surface area (Å²) in [5.74, 6) is -5.26. The van der Waals surface area contributed by atoms with Gasteiger partial charge in [0.15, 0.2) is 18.2 Å². The Morgan fingerprint density at radius 3 is 2.12 bits per heavy atom. The Kier molecular flexibility index (Phi) is 7.57. The summed E-state index contributed by atoms with van der Waals surface area (Å²) in [5, 5.41) is -0.221. The molecule has 184 valence electrons. The molecule has 0 saturated heterocycles. The Labute approximate surface area is 190 Å². The lowest BCUT2D eigenvalue weighted by atomic mass is 10.0. The van der Waals surface area contributed by atoms with Crippen molar-refractivity contribution in [2.24, 2.45) is 0 Å². The van der Waals surface area contributed by atoms with E-state index < -0.39 is 53.4 Å². The van der Waals surface area contributed by atoms with Gasteiger partial charge in [0.1, 0.15) is 22.9 Å². The molecule has 10 heteroatoms. The van der Waals surface area contributed by atoms with Crippen LogP contribution in [0.5, 0.6) is 11.5 Å². The predicted octanol–water partition coefficient (Wildman–Crippen LogP) is 8.06. The molecule has 34 heavy (non-hydrogen) atoms. The fourth-order valence-corrected chi connectivity index (χ4v) is 3.41. The number of hydrogen-bond donors (Lipinski definition) is 0. The topological polar surface area (TPSA) is 18.5 Å². The number of benzene rings is 3. The molecule has 0 aliphatic heterocycles. The Morgan fingerprint density at radius 1 is 0.824 bits per heavy atom. The third-order valence-corrected chi connectivity index (χ3v) is 4.99. The third-order valence-electron chi connectivity index (χ3n) is 4.99. The molecule has 0 N–H and O–H groups in total. The predicted molar refractivity (Wildman–Crippen MR) is 110 cm³/mol. The lowest BCUT2D eigenvalue weighted by molar-refractivity contribution is -0.189. The fourth-order valence-electron chi connectivity index (χ4n) is 3.41. The average Bonchev–Trinajstić information content (AvgIpc) is 2.72. The van der Waals surface area contributed by atoms with E-state index in [4.69, 9.17) is 0 Å². The largest absolute Gasteiger partial charge is 0.481 e.